The quantitative estimate of drug-likeness (QED) is 0.650. The minimum absolute atomic E-state index is 0.291. The van der Waals surface area contributed by atoms with Crippen LogP contribution < -0.4 is 5.32 Å². The van der Waals surface area contributed by atoms with E-state index in [9.17, 15) is 9.59 Å². The van der Waals surface area contributed by atoms with E-state index in [-0.39, 0.29) is 5.91 Å². The van der Waals surface area contributed by atoms with Gasteiger partial charge in [-0.25, -0.2) is 0 Å². The van der Waals surface area contributed by atoms with E-state index in [1.54, 1.807) is 12.3 Å². The Morgan fingerprint density at radius 2 is 1.69 bits per heavy atom. The molecule has 4 nitrogen and oxygen atoms in total. The Kier molecular flexibility index (Phi) is 5.99. The van der Waals surface area contributed by atoms with Gasteiger partial charge < -0.3 is 10.3 Å². The summed E-state index contributed by atoms with van der Waals surface area (Å²) < 4.78 is 0. The molecule has 131 valence electrons. The molecule has 0 aliphatic heterocycles. The van der Waals surface area contributed by atoms with Gasteiger partial charge in [-0.05, 0) is 42.0 Å². The van der Waals surface area contributed by atoms with Crippen molar-refractivity contribution in [3.63, 3.8) is 0 Å². The largest absolute Gasteiger partial charge is 0.357 e. The van der Waals surface area contributed by atoms with Gasteiger partial charge in [-0.1, -0.05) is 60.7 Å². The van der Waals surface area contributed by atoms with Crippen molar-refractivity contribution in [1.29, 1.82) is 0 Å². The van der Waals surface area contributed by atoms with Gasteiger partial charge in [-0.3, -0.25) is 9.59 Å². The van der Waals surface area contributed by atoms with Crippen molar-refractivity contribution in [2.75, 3.05) is 0 Å². The van der Waals surface area contributed by atoms with Crippen LogP contribution in [0.25, 0.3) is 11.1 Å². The first-order valence-corrected chi connectivity index (χ1v) is 8.72. The Bertz CT molecular complexity index is 841. The highest BCUT2D eigenvalue weighted by atomic mass is 16.2. The van der Waals surface area contributed by atoms with Crippen molar-refractivity contribution >= 4 is 12.2 Å². The first kappa shape index (κ1) is 17.7. The second kappa shape index (κ2) is 8.81. The number of nitrogens with one attached hydrogen (secondary N) is 2. The summed E-state index contributed by atoms with van der Waals surface area (Å²) in [5, 5.41) is 2.74. The number of H-pyrrole nitrogens is 1. The lowest BCUT2D eigenvalue weighted by molar-refractivity contribution is 0.0940. The molecule has 0 spiro atoms. The fourth-order valence-electron chi connectivity index (χ4n) is 2.87. The predicted molar refractivity (Wildman–Crippen MR) is 103 cm³/mol. The molecule has 0 fully saturated rings. The minimum atomic E-state index is -0.602. The zero-order valence-electron chi connectivity index (χ0n) is 14.4. The molecule has 3 aromatic rings. The van der Waals surface area contributed by atoms with Crippen LogP contribution in [0.4, 0.5) is 0 Å². The average Bonchev–Trinajstić information content (AvgIpc) is 3.19. The van der Waals surface area contributed by atoms with E-state index < -0.39 is 6.04 Å². The van der Waals surface area contributed by atoms with Gasteiger partial charge in [0.1, 0.15) is 5.69 Å². The van der Waals surface area contributed by atoms with Crippen LogP contribution in [0.1, 0.15) is 28.9 Å². The van der Waals surface area contributed by atoms with Crippen LogP contribution in [0.2, 0.25) is 0 Å². The van der Waals surface area contributed by atoms with Crippen LogP contribution in [-0.2, 0) is 11.2 Å². The Morgan fingerprint density at radius 1 is 1.00 bits per heavy atom. The van der Waals surface area contributed by atoms with E-state index in [2.05, 4.69) is 22.4 Å². The Balaban J connectivity index is 1.54. The van der Waals surface area contributed by atoms with Crippen LogP contribution >= 0.6 is 0 Å². The van der Waals surface area contributed by atoms with Crippen molar-refractivity contribution in [2.45, 2.75) is 25.3 Å². The third kappa shape index (κ3) is 4.70. The zero-order chi connectivity index (χ0) is 18.2. The Morgan fingerprint density at radius 3 is 2.38 bits per heavy atom. The molecule has 1 amide bonds. The number of aromatic amines is 1. The highest BCUT2D eigenvalue weighted by Gasteiger charge is 2.15. The third-order valence-corrected chi connectivity index (χ3v) is 4.28. The maximum Gasteiger partial charge on any atom is 0.268 e. The van der Waals surface area contributed by atoms with Crippen LogP contribution in [0.3, 0.4) is 0 Å². The molecular formula is C22H21N2O2. The lowest BCUT2D eigenvalue weighted by Crippen LogP contribution is -2.36. The monoisotopic (exact) mass is 345 g/mol. The summed E-state index contributed by atoms with van der Waals surface area (Å²) in [5.41, 5.74) is 3.63. The SMILES string of the molecule is O=[C][C@@H](CCCc1ccccc1)NC(=O)c1cc(-c2ccccc2)c[nH]1. The van der Waals surface area contributed by atoms with Gasteiger partial charge in [0.05, 0.1) is 6.04 Å². The number of hydrogen-bond acceptors (Lipinski definition) is 2. The third-order valence-electron chi connectivity index (χ3n) is 4.28. The summed E-state index contributed by atoms with van der Waals surface area (Å²) in [6, 6.07) is 21.1. The fourth-order valence-corrected chi connectivity index (χ4v) is 2.87. The van der Waals surface area contributed by atoms with Gasteiger partial charge in [0.2, 0.25) is 6.29 Å². The summed E-state index contributed by atoms with van der Waals surface area (Å²) >= 11 is 0. The molecule has 26 heavy (non-hydrogen) atoms. The highest BCUT2D eigenvalue weighted by molar-refractivity contribution is 5.95. The maximum atomic E-state index is 12.4. The van der Waals surface area contributed by atoms with Crippen molar-refractivity contribution < 1.29 is 9.59 Å². The lowest BCUT2D eigenvalue weighted by atomic mass is 10.1. The number of carbonyl (C=O) groups excluding carboxylic acids is 2. The number of benzene rings is 2. The van der Waals surface area contributed by atoms with Gasteiger partial charge in [0, 0.05) is 6.20 Å². The van der Waals surface area contributed by atoms with E-state index in [0.29, 0.717) is 12.1 Å². The van der Waals surface area contributed by atoms with Crippen molar-refractivity contribution in [3.05, 3.63) is 84.2 Å². The Hall–Kier alpha value is -3.14. The predicted octanol–water partition coefficient (Wildman–Crippen LogP) is 3.91. The number of amides is 1. The molecule has 0 aliphatic rings. The van der Waals surface area contributed by atoms with Gasteiger partial charge in [0.25, 0.3) is 5.91 Å². The molecule has 0 bridgehead atoms. The fraction of sp³-hybridized carbons (Fsp3) is 0.182. The number of carbonyl (C=O) groups is 1. The second-order valence-corrected chi connectivity index (χ2v) is 6.19. The van der Waals surface area contributed by atoms with Gasteiger partial charge in [-0.2, -0.15) is 0 Å². The smallest absolute Gasteiger partial charge is 0.268 e. The summed E-state index contributed by atoms with van der Waals surface area (Å²) in [6.45, 7) is 0. The molecule has 0 saturated carbocycles. The summed E-state index contributed by atoms with van der Waals surface area (Å²) in [5.74, 6) is -0.291. The number of hydrogen-bond donors (Lipinski definition) is 2. The first-order chi connectivity index (χ1) is 12.8. The summed E-state index contributed by atoms with van der Waals surface area (Å²) in [4.78, 5) is 26.5. The lowest BCUT2D eigenvalue weighted by Gasteiger charge is -2.11. The van der Waals surface area contributed by atoms with E-state index in [0.717, 1.165) is 24.0 Å². The molecule has 4 heteroatoms. The molecule has 2 N–H and O–H groups in total. The van der Waals surface area contributed by atoms with Crippen molar-refractivity contribution in [3.8, 4) is 11.1 Å². The molecule has 1 aromatic heterocycles. The second-order valence-electron chi connectivity index (χ2n) is 6.19. The molecule has 1 atom stereocenters. The minimum Gasteiger partial charge on any atom is -0.357 e. The van der Waals surface area contributed by atoms with Gasteiger partial charge in [0.15, 0.2) is 0 Å². The Labute approximate surface area is 153 Å². The van der Waals surface area contributed by atoms with Crippen LogP contribution in [-0.4, -0.2) is 23.2 Å². The number of aryl methyl sites for hydroxylation is 1. The number of aromatic nitrogens is 1. The first-order valence-electron chi connectivity index (χ1n) is 8.72. The molecule has 0 aliphatic carbocycles. The highest BCUT2D eigenvalue weighted by Crippen LogP contribution is 2.19. The van der Waals surface area contributed by atoms with Crippen molar-refractivity contribution in [1.82, 2.24) is 10.3 Å². The molecule has 0 unspecified atom stereocenters. The average molecular weight is 345 g/mol. The van der Waals surface area contributed by atoms with E-state index in [1.807, 2.05) is 54.8 Å². The van der Waals surface area contributed by atoms with Crippen LogP contribution in [0.5, 0.6) is 0 Å². The molecule has 3 rings (SSSR count). The summed E-state index contributed by atoms with van der Waals surface area (Å²) in [7, 11) is 0. The normalized spacial score (nSPS) is 11.7. The van der Waals surface area contributed by atoms with Gasteiger partial charge in [-0.15, -0.1) is 0 Å². The maximum absolute atomic E-state index is 12.4. The number of rotatable bonds is 8. The van der Waals surface area contributed by atoms with Gasteiger partial charge >= 0.3 is 0 Å². The molecule has 1 heterocycles. The van der Waals surface area contributed by atoms with Crippen LogP contribution in [0.15, 0.2) is 72.9 Å². The molecular weight excluding hydrogens is 324 g/mol. The molecule has 2 aromatic carbocycles. The van der Waals surface area contributed by atoms with E-state index in [4.69, 9.17) is 0 Å². The zero-order valence-corrected chi connectivity index (χ0v) is 14.4. The van der Waals surface area contributed by atoms with E-state index >= 15 is 0 Å². The standard InChI is InChI=1S/C22H21N2O2/c25-16-20(13-7-10-17-8-3-1-4-9-17)24-22(26)21-14-19(15-23-21)18-11-5-2-6-12-18/h1-6,8-9,11-12,14-15,20,23H,7,10,13H2,(H,24,26)/t20-/m1/s1. The van der Waals surface area contributed by atoms with Crippen molar-refractivity contribution in [2.24, 2.45) is 0 Å². The van der Waals surface area contributed by atoms with E-state index in [1.165, 1.54) is 5.56 Å². The molecule has 0 saturated heterocycles. The molecule has 1 radical (unpaired) electrons. The topological polar surface area (TPSA) is 62.0 Å². The summed E-state index contributed by atoms with van der Waals surface area (Å²) in [6.07, 6.45) is 5.97. The van der Waals surface area contributed by atoms with Crippen LogP contribution in [0, 0.1) is 0 Å².